The first-order chi connectivity index (χ1) is 5.74. The van der Waals surface area contributed by atoms with Crippen LogP contribution in [0.5, 0.6) is 0 Å². The molecular weight excluding hydrogens is 272 g/mol. The van der Waals surface area contributed by atoms with E-state index < -0.39 is 0 Å². The first-order valence-corrected chi connectivity index (χ1v) is 4.44. The average Bonchev–Trinajstić information content (AvgIpc) is 2.06. The van der Waals surface area contributed by atoms with Crippen LogP contribution in [0.15, 0.2) is 24.3 Å². The van der Waals surface area contributed by atoms with Crippen molar-refractivity contribution >= 4 is 28.6 Å². The van der Waals surface area contributed by atoms with Crippen molar-refractivity contribution in [3.8, 4) is 0 Å². The SMILES string of the molecule is O=C(CNI)c1ccc(F)cc1. The highest BCUT2D eigenvalue weighted by Gasteiger charge is 2.03. The summed E-state index contributed by atoms with van der Waals surface area (Å²) in [4.78, 5) is 11.2. The molecule has 0 aliphatic heterocycles. The Morgan fingerprint density at radius 3 is 2.50 bits per heavy atom. The number of ketones is 1. The monoisotopic (exact) mass is 279 g/mol. The largest absolute Gasteiger partial charge is 0.293 e. The minimum absolute atomic E-state index is 0.0376. The summed E-state index contributed by atoms with van der Waals surface area (Å²) in [6, 6.07) is 5.51. The third-order valence-electron chi connectivity index (χ3n) is 1.39. The molecule has 0 spiro atoms. The molecule has 1 aromatic rings. The standard InChI is InChI=1S/C8H7FINO/c9-7-3-1-6(2-4-7)8(12)5-11-10/h1-4,11H,5H2. The molecule has 0 bridgehead atoms. The zero-order chi connectivity index (χ0) is 8.97. The zero-order valence-corrected chi connectivity index (χ0v) is 8.34. The highest BCUT2D eigenvalue weighted by Crippen LogP contribution is 2.03. The first-order valence-electron chi connectivity index (χ1n) is 3.36. The number of hydrogen-bond acceptors (Lipinski definition) is 2. The number of halogens is 2. The van der Waals surface area contributed by atoms with Crippen molar-refractivity contribution < 1.29 is 9.18 Å². The van der Waals surface area contributed by atoms with Gasteiger partial charge in [0.25, 0.3) is 0 Å². The maximum atomic E-state index is 12.4. The van der Waals surface area contributed by atoms with Crippen molar-refractivity contribution in [2.75, 3.05) is 6.54 Å². The van der Waals surface area contributed by atoms with E-state index in [1.165, 1.54) is 24.3 Å². The molecule has 0 atom stereocenters. The Labute approximate surface area is 83.7 Å². The van der Waals surface area contributed by atoms with Crippen molar-refractivity contribution in [1.29, 1.82) is 0 Å². The van der Waals surface area contributed by atoms with Crippen molar-refractivity contribution in [2.24, 2.45) is 0 Å². The number of rotatable bonds is 3. The lowest BCUT2D eigenvalue weighted by molar-refractivity contribution is 0.0999. The molecule has 0 aliphatic rings. The fourth-order valence-electron chi connectivity index (χ4n) is 0.799. The lowest BCUT2D eigenvalue weighted by Gasteiger charge is -1.97. The molecule has 64 valence electrons. The van der Waals surface area contributed by atoms with Crippen molar-refractivity contribution in [3.05, 3.63) is 35.6 Å². The second-order valence-electron chi connectivity index (χ2n) is 2.24. The van der Waals surface area contributed by atoms with Crippen LogP contribution in [-0.4, -0.2) is 12.3 Å². The van der Waals surface area contributed by atoms with Crippen molar-refractivity contribution in [3.63, 3.8) is 0 Å². The zero-order valence-electron chi connectivity index (χ0n) is 6.18. The second kappa shape index (κ2) is 4.51. The number of carbonyl (C=O) groups excluding carboxylic acids is 1. The summed E-state index contributed by atoms with van der Waals surface area (Å²) in [6.07, 6.45) is 0. The molecule has 0 saturated heterocycles. The van der Waals surface area contributed by atoms with Crippen LogP contribution in [-0.2, 0) is 0 Å². The molecule has 1 rings (SSSR count). The van der Waals surface area contributed by atoms with Gasteiger partial charge in [-0.15, -0.1) is 0 Å². The van der Waals surface area contributed by atoms with E-state index in [1.54, 1.807) is 0 Å². The summed E-state index contributed by atoms with van der Waals surface area (Å²) in [6.45, 7) is 0.270. The van der Waals surface area contributed by atoms with Gasteiger partial charge in [0.2, 0.25) is 0 Å². The Bertz CT molecular complexity index is 273. The van der Waals surface area contributed by atoms with Crippen LogP contribution in [0.1, 0.15) is 10.4 Å². The fourth-order valence-corrected chi connectivity index (χ4v) is 1.14. The maximum absolute atomic E-state index is 12.4. The van der Waals surface area contributed by atoms with E-state index >= 15 is 0 Å². The van der Waals surface area contributed by atoms with E-state index in [-0.39, 0.29) is 18.1 Å². The van der Waals surface area contributed by atoms with Gasteiger partial charge in [-0.2, -0.15) is 0 Å². The molecule has 4 heteroatoms. The van der Waals surface area contributed by atoms with Crippen molar-refractivity contribution in [2.45, 2.75) is 0 Å². The predicted molar refractivity (Wildman–Crippen MR) is 52.8 cm³/mol. The molecule has 1 N–H and O–H groups in total. The van der Waals surface area contributed by atoms with Gasteiger partial charge in [0, 0.05) is 28.4 Å². The van der Waals surface area contributed by atoms with E-state index in [9.17, 15) is 9.18 Å². The van der Waals surface area contributed by atoms with Gasteiger partial charge in [0.15, 0.2) is 5.78 Å². The van der Waals surface area contributed by atoms with Gasteiger partial charge in [-0.05, 0) is 24.3 Å². The van der Waals surface area contributed by atoms with Crippen LogP contribution >= 0.6 is 22.9 Å². The lowest BCUT2D eigenvalue weighted by Crippen LogP contribution is -2.13. The summed E-state index contributed by atoms with van der Waals surface area (Å²) in [5.41, 5.74) is 0.528. The van der Waals surface area contributed by atoms with Crippen LogP contribution in [0, 0.1) is 5.82 Å². The third-order valence-corrected chi connectivity index (χ3v) is 1.77. The second-order valence-corrected chi connectivity index (χ2v) is 3.00. The molecular formula is C8H7FINO. The molecule has 0 aliphatic carbocycles. The van der Waals surface area contributed by atoms with E-state index in [1.807, 2.05) is 22.9 Å². The molecule has 1 aromatic carbocycles. The number of carbonyl (C=O) groups is 1. The third kappa shape index (κ3) is 2.53. The molecule has 0 radical (unpaired) electrons. The minimum Gasteiger partial charge on any atom is -0.293 e. The summed E-state index contributed by atoms with van der Waals surface area (Å²) in [7, 11) is 0. The summed E-state index contributed by atoms with van der Waals surface area (Å²) in [5.74, 6) is -0.363. The molecule has 2 nitrogen and oxygen atoms in total. The maximum Gasteiger partial charge on any atom is 0.177 e. The average molecular weight is 279 g/mol. The van der Waals surface area contributed by atoms with Crippen LogP contribution in [0.2, 0.25) is 0 Å². The highest BCUT2D eigenvalue weighted by molar-refractivity contribution is 14.1. The molecule has 0 fully saturated rings. The summed E-state index contributed by atoms with van der Waals surface area (Å²) in [5, 5.41) is 0. The van der Waals surface area contributed by atoms with Gasteiger partial charge < -0.3 is 0 Å². The normalized spacial score (nSPS) is 9.83. The van der Waals surface area contributed by atoms with Crippen LogP contribution in [0.25, 0.3) is 0 Å². The quantitative estimate of drug-likeness (QED) is 0.520. The Morgan fingerprint density at radius 1 is 1.42 bits per heavy atom. The van der Waals surface area contributed by atoms with Crippen LogP contribution in [0.3, 0.4) is 0 Å². The van der Waals surface area contributed by atoms with Crippen LogP contribution in [0.4, 0.5) is 4.39 Å². The van der Waals surface area contributed by atoms with Gasteiger partial charge in [0.05, 0.1) is 6.54 Å². The minimum atomic E-state index is -0.325. The van der Waals surface area contributed by atoms with E-state index in [2.05, 4.69) is 3.53 Å². The van der Waals surface area contributed by atoms with Gasteiger partial charge in [-0.3, -0.25) is 8.32 Å². The lowest BCUT2D eigenvalue weighted by atomic mass is 10.1. The van der Waals surface area contributed by atoms with Crippen LogP contribution < -0.4 is 3.53 Å². The van der Waals surface area contributed by atoms with E-state index in [0.29, 0.717) is 5.56 Å². The van der Waals surface area contributed by atoms with E-state index in [4.69, 9.17) is 0 Å². The smallest absolute Gasteiger partial charge is 0.177 e. The fraction of sp³-hybridized carbons (Fsp3) is 0.125. The summed E-state index contributed by atoms with van der Waals surface area (Å²) >= 11 is 1.89. The molecule has 0 saturated carbocycles. The Balaban J connectivity index is 2.75. The Kier molecular flexibility index (Phi) is 3.61. The first kappa shape index (κ1) is 9.60. The molecule has 0 heterocycles. The molecule has 0 aromatic heterocycles. The summed E-state index contributed by atoms with van der Waals surface area (Å²) < 4.78 is 15.1. The van der Waals surface area contributed by atoms with Gasteiger partial charge in [-0.25, -0.2) is 4.39 Å². The predicted octanol–water partition coefficient (Wildman–Crippen LogP) is 1.95. The van der Waals surface area contributed by atoms with Gasteiger partial charge in [-0.1, -0.05) is 0 Å². The molecule has 0 unspecified atom stereocenters. The number of benzene rings is 1. The van der Waals surface area contributed by atoms with E-state index in [0.717, 1.165) is 0 Å². The molecule has 12 heavy (non-hydrogen) atoms. The Hall–Kier alpha value is -0.490. The highest BCUT2D eigenvalue weighted by atomic mass is 127. The van der Waals surface area contributed by atoms with Crippen molar-refractivity contribution in [1.82, 2.24) is 3.53 Å². The van der Waals surface area contributed by atoms with Gasteiger partial charge >= 0.3 is 0 Å². The number of Topliss-reactive ketones (excluding diaryl/α,β-unsaturated/α-hetero) is 1. The van der Waals surface area contributed by atoms with Gasteiger partial charge in [0.1, 0.15) is 5.82 Å². The number of nitrogens with one attached hydrogen (secondary N) is 1. The Morgan fingerprint density at radius 2 is 2.00 bits per heavy atom. The molecule has 0 amide bonds. The topological polar surface area (TPSA) is 29.1 Å². The number of hydrogen-bond donors (Lipinski definition) is 1.